The van der Waals surface area contributed by atoms with Gasteiger partial charge in [0.15, 0.2) is 0 Å². The molecule has 0 aromatic carbocycles. The number of rotatable bonds is 3. The van der Waals surface area contributed by atoms with Gasteiger partial charge in [0.25, 0.3) is 0 Å². The van der Waals surface area contributed by atoms with Crippen molar-refractivity contribution in [1.82, 2.24) is 9.97 Å². The summed E-state index contributed by atoms with van der Waals surface area (Å²) in [5, 5.41) is 4.16. The lowest BCUT2D eigenvalue weighted by Crippen LogP contribution is -2.35. The molecule has 0 spiro atoms. The minimum absolute atomic E-state index is 0.516. The van der Waals surface area contributed by atoms with E-state index in [0.29, 0.717) is 23.0 Å². The molecule has 0 bridgehead atoms. The lowest BCUT2D eigenvalue weighted by molar-refractivity contribution is 0.253. The second-order valence-corrected chi connectivity index (χ2v) is 6.61. The summed E-state index contributed by atoms with van der Waals surface area (Å²) in [6.45, 7) is 4.69. The van der Waals surface area contributed by atoms with Crippen LogP contribution in [0.4, 0.5) is 5.82 Å². The van der Waals surface area contributed by atoms with Crippen molar-refractivity contribution >= 4 is 17.4 Å². The molecule has 2 fully saturated rings. The summed E-state index contributed by atoms with van der Waals surface area (Å²) in [5.41, 5.74) is 0. The maximum atomic E-state index is 6.11. The highest BCUT2D eigenvalue weighted by molar-refractivity contribution is 6.29. The van der Waals surface area contributed by atoms with Crippen LogP contribution in [0.2, 0.25) is 5.15 Å². The molecule has 0 aliphatic heterocycles. The third kappa shape index (κ3) is 3.02. The molecule has 1 N–H and O–H groups in total. The van der Waals surface area contributed by atoms with Crippen LogP contribution in [0.25, 0.3) is 0 Å². The number of anilines is 1. The first-order valence-electron chi connectivity index (χ1n) is 7.44. The van der Waals surface area contributed by atoms with Crippen LogP contribution in [-0.4, -0.2) is 16.0 Å². The van der Waals surface area contributed by atoms with Gasteiger partial charge in [-0.25, -0.2) is 9.97 Å². The minimum Gasteiger partial charge on any atom is -0.367 e. The molecule has 2 aliphatic carbocycles. The van der Waals surface area contributed by atoms with Crippen LogP contribution in [0.5, 0.6) is 0 Å². The zero-order valence-corrected chi connectivity index (χ0v) is 12.5. The molecule has 1 aromatic rings. The van der Waals surface area contributed by atoms with Crippen molar-refractivity contribution in [3.63, 3.8) is 0 Å². The molecule has 4 heteroatoms. The molecular formula is C15H22ClN3. The topological polar surface area (TPSA) is 37.8 Å². The average Bonchev–Trinajstić information content (AvgIpc) is 3.18. The summed E-state index contributed by atoms with van der Waals surface area (Å²) >= 11 is 6.11. The van der Waals surface area contributed by atoms with E-state index in [9.17, 15) is 0 Å². The first-order valence-corrected chi connectivity index (χ1v) is 7.82. The van der Waals surface area contributed by atoms with Gasteiger partial charge >= 0.3 is 0 Å². The van der Waals surface area contributed by atoms with Gasteiger partial charge in [0.2, 0.25) is 0 Å². The van der Waals surface area contributed by atoms with Gasteiger partial charge in [0.1, 0.15) is 16.8 Å². The molecular weight excluding hydrogens is 258 g/mol. The Bertz CT molecular complexity index is 459. The smallest absolute Gasteiger partial charge is 0.135 e. The van der Waals surface area contributed by atoms with Crippen LogP contribution in [-0.2, 0) is 0 Å². The quantitative estimate of drug-likeness (QED) is 0.841. The standard InChI is InChI=1S/C15H22ClN3/c1-9-4-3-5-12(10(9)2)17-14-8-13(16)18-15(19-14)11-6-7-11/h8-12H,3-7H2,1-2H3,(H,17,18,19). The molecule has 1 aromatic heterocycles. The highest BCUT2D eigenvalue weighted by atomic mass is 35.5. The Morgan fingerprint density at radius 3 is 2.68 bits per heavy atom. The number of halogens is 1. The molecule has 104 valence electrons. The summed E-state index contributed by atoms with van der Waals surface area (Å²) in [4.78, 5) is 8.98. The molecule has 2 saturated carbocycles. The Morgan fingerprint density at radius 1 is 1.16 bits per heavy atom. The van der Waals surface area contributed by atoms with E-state index >= 15 is 0 Å². The predicted octanol–water partition coefficient (Wildman–Crippen LogP) is 4.24. The van der Waals surface area contributed by atoms with Gasteiger partial charge in [-0.15, -0.1) is 0 Å². The van der Waals surface area contributed by atoms with Crippen molar-refractivity contribution in [2.24, 2.45) is 11.8 Å². The van der Waals surface area contributed by atoms with Crippen molar-refractivity contribution in [1.29, 1.82) is 0 Å². The summed E-state index contributed by atoms with van der Waals surface area (Å²) in [6.07, 6.45) is 6.29. The van der Waals surface area contributed by atoms with E-state index in [1.807, 2.05) is 6.07 Å². The lowest BCUT2D eigenvalue weighted by atomic mass is 9.78. The van der Waals surface area contributed by atoms with Crippen molar-refractivity contribution < 1.29 is 0 Å². The normalized spacial score (nSPS) is 31.2. The molecule has 3 rings (SSSR count). The molecule has 2 aliphatic rings. The molecule has 3 unspecified atom stereocenters. The maximum Gasteiger partial charge on any atom is 0.135 e. The van der Waals surface area contributed by atoms with Crippen molar-refractivity contribution in [2.45, 2.75) is 57.9 Å². The summed E-state index contributed by atoms with van der Waals surface area (Å²) < 4.78 is 0. The second kappa shape index (κ2) is 5.28. The number of aromatic nitrogens is 2. The third-order valence-electron chi connectivity index (χ3n) is 4.69. The molecule has 1 heterocycles. The number of hydrogen-bond donors (Lipinski definition) is 1. The van der Waals surface area contributed by atoms with Gasteiger partial charge in [-0.05, 0) is 31.1 Å². The van der Waals surface area contributed by atoms with Gasteiger partial charge in [0.05, 0.1) is 0 Å². The fourth-order valence-corrected chi connectivity index (χ4v) is 3.20. The average molecular weight is 280 g/mol. The van der Waals surface area contributed by atoms with Crippen LogP contribution in [0.3, 0.4) is 0 Å². The lowest BCUT2D eigenvalue weighted by Gasteiger charge is -2.35. The number of nitrogens with zero attached hydrogens (tertiary/aromatic N) is 2. The summed E-state index contributed by atoms with van der Waals surface area (Å²) in [7, 11) is 0. The Labute approximate surface area is 120 Å². The van der Waals surface area contributed by atoms with E-state index in [1.165, 1.54) is 32.1 Å². The summed E-state index contributed by atoms with van der Waals surface area (Å²) in [5.74, 6) is 3.85. The highest BCUT2D eigenvalue weighted by Gasteiger charge is 2.29. The van der Waals surface area contributed by atoms with Crippen LogP contribution in [0.15, 0.2) is 6.07 Å². The fourth-order valence-electron chi connectivity index (χ4n) is 3.01. The molecule has 0 amide bonds. The van der Waals surface area contributed by atoms with Gasteiger partial charge < -0.3 is 5.32 Å². The van der Waals surface area contributed by atoms with E-state index in [1.54, 1.807) is 0 Å². The zero-order chi connectivity index (χ0) is 13.4. The van der Waals surface area contributed by atoms with Crippen molar-refractivity contribution in [3.8, 4) is 0 Å². The largest absolute Gasteiger partial charge is 0.367 e. The van der Waals surface area contributed by atoms with E-state index in [0.717, 1.165) is 17.6 Å². The monoisotopic (exact) mass is 279 g/mol. The van der Waals surface area contributed by atoms with Gasteiger partial charge in [-0.2, -0.15) is 0 Å². The second-order valence-electron chi connectivity index (χ2n) is 6.23. The van der Waals surface area contributed by atoms with Crippen molar-refractivity contribution in [3.05, 3.63) is 17.0 Å². The predicted molar refractivity (Wildman–Crippen MR) is 78.6 cm³/mol. The van der Waals surface area contributed by atoms with Crippen LogP contribution >= 0.6 is 11.6 Å². The van der Waals surface area contributed by atoms with Crippen LogP contribution in [0, 0.1) is 11.8 Å². The van der Waals surface area contributed by atoms with E-state index < -0.39 is 0 Å². The minimum atomic E-state index is 0.516. The van der Waals surface area contributed by atoms with E-state index in [4.69, 9.17) is 11.6 Å². The van der Waals surface area contributed by atoms with E-state index in [2.05, 4.69) is 29.1 Å². The first-order chi connectivity index (χ1) is 9.13. The molecule has 0 saturated heterocycles. The number of nitrogens with one attached hydrogen (secondary N) is 1. The first kappa shape index (κ1) is 13.2. The van der Waals surface area contributed by atoms with Gasteiger partial charge in [-0.3, -0.25) is 0 Å². The third-order valence-corrected chi connectivity index (χ3v) is 4.89. The highest BCUT2D eigenvalue weighted by Crippen LogP contribution is 2.39. The molecule has 3 atom stereocenters. The fraction of sp³-hybridized carbons (Fsp3) is 0.733. The Morgan fingerprint density at radius 2 is 1.95 bits per heavy atom. The number of hydrogen-bond acceptors (Lipinski definition) is 3. The molecule has 3 nitrogen and oxygen atoms in total. The van der Waals surface area contributed by atoms with Crippen LogP contribution < -0.4 is 5.32 Å². The zero-order valence-electron chi connectivity index (χ0n) is 11.7. The summed E-state index contributed by atoms with van der Waals surface area (Å²) in [6, 6.07) is 2.38. The Balaban J connectivity index is 1.75. The van der Waals surface area contributed by atoms with E-state index in [-0.39, 0.29) is 0 Å². The van der Waals surface area contributed by atoms with Gasteiger partial charge in [-0.1, -0.05) is 38.3 Å². The maximum absolute atomic E-state index is 6.11. The SMILES string of the molecule is CC1CCCC(Nc2cc(Cl)nc(C3CC3)n2)C1C. The van der Waals surface area contributed by atoms with Gasteiger partial charge in [0, 0.05) is 18.0 Å². The molecule has 19 heavy (non-hydrogen) atoms. The van der Waals surface area contributed by atoms with Crippen molar-refractivity contribution in [2.75, 3.05) is 5.32 Å². The molecule has 0 radical (unpaired) electrons. The Hall–Kier alpha value is -0.830. The Kier molecular flexibility index (Phi) is 3.66. The van der Waals surface area contributed by atoms with Crippen LogP contribution in [0.1, 0.15) is 57.7 Å².